The molecule has 2 aliphatic rings. The Morgan fingerprint density at radius 2 is 1.59 bits per heavy atom. The molecule has 0 aliphatic carbocycles. The SMILES string of the molecule is Cc1ccc(C)c(NS(=O)(=O)c2cc(C(=O)N3CCN(Cc4ccc5c(c4)OCO5)CC3)ccc2C)c1. The molecule has 9 heteroatoms. The van der Waals surface area contributed by atoms with E-state index < -0.39 is 10.0 Å². The van der Waals surface area contributed by atoms with Crippen molar-refractivity contribution in [2.24, 2.45) is 0 Å². The Hall–Kier alpha value is -3.56. The summed E-state index contributed by atoms with van der Waals surface area (Å²) in [6.45, 7) is 9.11. The van der Waals surface area contributed by atoms with Gasteiger partial charge in [0.15, 0.2) is 11.5 Å². The minimum Gasteiger partial charge on any atom is -0.454 e. The van der Waals surface area contributed by atoms with Gasteiger partial charge in [-0.05, 0) is 73.4 Å². The number of sulfonamides is 1. The summed E-state index contributed by atoms with van der Waals surface area (Å²) in [6.07, 6.45) is 0. The van der Waals surface area contributed by atoms with Crippen molar-refractivity contribution >= 4 is 21.6 Å². The van der Waals surface area contributed by atoms with E-state index in [1.165, 1.54) is 6.07 Å². The van der Waals surface area contributed by atoms with Crippen LogP contribution >= 0.6 is 0 Å². The van der Waals surface area contributed by atoms with Gasteiger partial charge in [-0.25, -0.2) is 8.42 Å². The van der Waals surface area contributed by atoms with E-state index in [2.05, 4.69) is 9.62 Å². The third-order valence-corrected chi connectivity index (χ3v) is 8.37. The molecule has 194 valence electrons. The number of ether oxygens (including phenoxy) is 2. The lowest BCUT2D eigenvalue weighted by Gasteiger charge is -2.35. The number of benzene rings is 3. The smallest absolute Gasteiger partial charge is 0.262 e. The molecule has 3 aromatic rings. The van der Waals surface area contributed by atoms with Crippen LogP contribution in [0.2, 0.25) is 0 Å². The molecule has 37 heavy (non-hydrogen) atoms. The summed E-state index contributed by atoms with van der Waals surface area (Å²) >= 11 is 0. The number of anilines is 1. The van der Waals surface area contributed by atoms with Crippen molar-refractivity contribution in [3.63, 3.8) is 0 Å². The highest BCUT2D eigenvalue weighted by Crippen LogP contribution is 2.33. The molecular formula is C28H31N3O5S. The van der Waals surface area contributed by atoms with Gasteiger partial charge in [-0.15, -0.1) is 0 Å². The average Bonchev–Trinajstić information content (AvgIpc) is 3.34. The summed E-state index contributed by atoms with van der Waals surface area (Å²) in [6, 6.07) is 16.5. The van der Waals surface area contributed by atoms with Gasteiger partial charge in [0.1, 0.15) is 0 Å². The van der Waals surface area contributed by atoms with E-state index in [0.29, 0.717) is 29.9 Å². The first kappa shape index (κ1) is 25.1. The number of nitrogens with one attached hydrogen (secondary N) is 1. The van der Waals surface area contributed by atoms with Crippen LogP contribution < -0.4 is 14.2 Å². The van der Waals surface area contributed by atoms with Gasteiger partial charge < -0.3 is 14.4 Å². The maximum Gasteiger partial charge on any atom is 0.262 e. The first-order valence-corrected chi connectivity index (χ1v) is 13.8. The Balaban J connectivity index is 1.25. The van der Waals surface area contributed by atoms with Crippen molar-refractivity contribution in [1.29, 1.82) is 0 Å². The van der Waals surface area contributed by atoms with Crippen LogP contribution in [0, 0.1) is 20.8 Å². The Labute approximate surface area is 217 Å². The van der Waals surface area contributed by atoms with Gasteiger partial charge in [0.05, 0.1) is 10.6 Å². The molecule has 8 nitrogen and oxygen atoms in total. The highest BCUT2D eigenvalue weighted by molar-refractivity contribution is 7.92. The molecule has 0 atom stereocenters. The molecule has 0 aromatic heterocycles. The quantitative estimate of drug-likeness (QED) is 0.526. The van der Waals surface area contributed by atoms with Gasteiger partial charge in [0.2, 0.25) is 6.79 Å². The highest BCUT2D eigenvalue weighted by Gasteiger charge is 2.25. The van der Waals surface area contributed by atoms with Crippen LogP contribution in [0.25, 0.3) is 0 Å². The second-order valence-electron chi connectivity index (χ2n) is 9.66. The lowest BCUT2D eigenvalue weighted by Crippen LogP contribution is -2.48. The number of fused-ring (bicyclic) bond motifs is 1. The van der Waals surface area contributed by atoms with E-state index in [1.54, 1.807) is 30.0 Å². The van der Waals surface area contributed by atoms with Crippen LogP contribution in [0.3, 0.4) is 0 Å². The zero-order chi connectivity index (χ0) is 26.2. The maximum absolute atomic E-state index is 13.3. The molecule has 1 N–H and O–H groups in total. The molecule has 0 radical (unpaired) electrons. The largest absolute Gasteiger partial charge is 0.454 e. The van der Waals surface area contributed by atoms with Gasteiger partial charge in [0.25, 0.3) is 15.9 Å². The fourth-order valence-electron chi connectivity index (χ4n) is 4.66. The second kappa shape index (κ2) is 10.1. The Morgan fingerprint density at radius 1 is 0.865 bits per heavy atom. The zero-order valence-electron chi connectivity index (χ0n) is 21.3. The number of aryl methyl sites for hydroxylation is 3. The van der Waals surface area contributed by atoms with Crippen molar-refractivity contribution in [3.05, 3.63) is 82.4 Å². The van der Waals surface area contributed by atoms with Crippen LogP contribution in [-0.4, -0.2) is 57.1 Å². The van der Waals surface area contributed by atoms with Crippen LogP contribution in [0.15, 0.2) is 59.5 Å². The predicted molar refractivity (Wildman–Crippen MR) is 142 cm³/mol. The summed E-state index contributed by atoms with van der Waals surface area (Å²) in [7, 11) is -3.87. The lowest BCUT2D eigenvalue weighted by molar-refractivity contribution is 0.0628. The number of piperazine rings is 1. The second-order valence-corrected chi connectivity index (χ2v) is 11.3. The number of carbonyl (C=O) groups is 1. The van der Waals surface area contributed by atoms with Crippen molar-refractivity contribution in [2.45, 2.75) is 32.2 Å². The highest BCUT2D eigenvalue weighted by atomic mass is 32.2. The monoisotopic (exact) mass is 521 g/mol. The van der Waals surface area contributed by atoms with Crippen LogP contribution in [0.5, 0.6) is 11.5 Å². The Morgan fingerprint density at radius 3 is 2.38 bits per heavy atom. The summed E-state index contributed by atoms with van der Waals surface area (Å²) in [4.78, 5) is 17.5. The number of hydrogen-bond donors (Lipinski definition) is 1. The van der Waals surface area contributed by atoms with Crippen molar-refractivity contribution < 1.29 is 22.7 Å². The van der Waals surface area contributed by atoms with E-state index in [1.807, 2.05) is 44.2 Å². The summed E-state index contributed by atoms with van der Waals surface area (Å²) < 4.78 is 40.1. The van der Waals surface area contributed by atoms with Gasteiger partial charge in [-0.3, -0.25) is 14.4 Å². The first-order chi connectivity index (χ1) is 17.7. The minimum absolute atomic E-state index is 0.112. The molecule has 0 saturated carbocycles. The molecule has 1 fully saturated rings. The van der Waals surface area contributed by atoms with Crippen LogP contribution in [-0.2, 0) is 16.6 Å². The molecule has 0 bridgehead atoms. The molecular weight excluding hydrogens is 490 g/mol. The third kappa shape index (κ3) is 5.42. The molecule has 1 saturated heterocycles. The molecule has 2 heterocycles. The molecule has 2 aliphatic heterocycles. The third-order valence-electron chi connectivity index (χ3n) is 6.86. The number of carbonyl (C=O) groups excluding carboxylic acids is 1. The standard InChI is InChI=1S/C28H31N3O5S/c1-19-4-5-20(2)24(14-19)29-37(33,34)27-16-23(8-6-21(27)3)28(32)31-12-10-30(11-13-31)17-22-7-9-25-26(15-22)36-18-35-25/h4-9,14-16,29H,10-13,17-18H2,1-3H3. The Bertz CT molecular complexity index is 1450. The molecule has 0 spiro atoms. The lowest BCUT2D eigenvalue weighted by atomic mass is 10.1. The number of amides is 1. The van der Waals surface area contributed by atoms with E-state index in [0.717, 1.165) is 47.8 Å². The zero-order valence-corrected chi connectivity index (χ0v) is 22.1. The van der Waals surface area contributed by atoms with E-state index in [4.69, 9.17) is 9.47 Å². The minimum atomic E-state index is -3.87. The molecule has 5 rings (SSSR count). The van der Waals surface area contributed by atoms with Gasteiger partial charge >= 0.3 is 0 Å². The fraction of sp³-hybridized carbons (Fsp3) is 0.321. The van der Waals surface area contributed by atoms with Crippen molar-refractivity contribution in [1.82, 2.24) is 9.80 Å². The molecule has 0 unspecified atom stereocenters. The summed E-state index contributed by atoms with van der Waals surface area (Å²) in [5.74, 6) is 1.37. The van der Waals surface area contributed by atoms with Crippen LogP contribution in [0.1, 0.15) is 32.6 Å². The summed E-state index contributed by atoms with van der Waals surface area (Å²) in [5.41, 5.74) is 4.42. The number of nitrogens with zero attached hydrogens (tertiary/aromatic N) is 2. The number of hydrogen-bond acceptors (Lipinski definition) is 6. The fourth-order valence-corrected chi connectivity index (χ4v) is 6.05. The van der Waals surface area contributed by atoms with E-state index >= 15 is 0 Å². The van der Waals surface area contributed by atoms with Crippen molar-refractivity contribution in [2.75, 3.05) is 37.7 Å². The Kier molecular flexibility index (Phi) is 6.83. The predicted octanol–water partition coefficient (Wildman–Crippen LogP) is 4.10. The molecule has 3 aromatic carbocycles. The van der Waals surface area contributed by atoms with E-state index in [9.17, 15) is 13.2 Å². The van der Waals surface area contributed by atoms with E-state index in [-0.39, 0.29) is 17.6 Å². The molecule has 1 amide bonds. The first-order valence-electron chi connectivity index (χ1n) is 12.3. The van der Waals surface area contributed by atoms with Crippen molar-refractivity contribution in [3.8, 4) is 11.5 Å². The average molecular weight is 522 g/mol. The van der Waals surface area contributed by atoms with Gasteiger partial charge in [-0.2, -0.15) is 0 Å². The van der Waals surface area contributed by atoms with Crippen LogP contribution in [0.4, 0.5) is 5.69 Å². The van der Waals surface area contributed by atoms with Gasteiger partial charge in [-0.1, -0.05) is 24.3 Å². The number of rotatable bonds is 6. The van der Waals surface area contributed by atoms with Gasteiger partial charge in [0, 0.05) is 38.3 Å². The normalized spacial score (nSPS) is 15.6. The summed E-state index contributed by atoms with van der Waals surface area (Å²) in [5, 5.41) is 0. The maximum atomic E-state index is 13.3. The topological polar surface area (TPSA) is 88.2 Å².